The lowest BCUT2D eigenvalue weighted by Gasteiger charge is -2.28. The second-order valence-corrected chi connectivity index (χ2v) is 5.57. The molecule has 0 aromatic heterocycles. The van der Waals surface area contributed by atoms with Gasteiger partial charge in [-0.2, -0.15) is 0 Å². The highest BCUT2D eigenvalue weighted by Gasteiger charge is 2.20. The topological polar surface area (TPSA) is 49.3 Å². The number of hydrogen-bond acceptors (Lipinski definition) is 2. The van der Waals surface area contributed by atoms with Crippen molar-refractivity contribution in [3.8, 4) is 0 Å². The van der Waals surface area contributed by atoms with Crippen LogP contribution in [-0.4, -0.2) is 11.1 Å². The van der Waals surface area contributed by atoms with Crippen molar-refractivity contribution < 1.29 is 9.90 Å². The molecule has 1 aliphatic rings. The van der Waals surface area contributed by atoms with Crippen molar-refractivity contribution in [2.45, 2.75) is 32.2 Å². The molecular formula is C18H19NO2. The van der Waals surface area contributed by atoms with Crippen molar-refractivity contribution in [1.29, 1.82) is 0 Å². The number of hydrogen-bond donors (Lipinski definition) is 2. The van der Waals surface area contributed by atoms with Gasteiger partial charge >= 0.3 is 5.97 Å². The molecule has 1 aliphatic carbocycles. The van der Waals surface area contributed by atoms with Crippen LogP contribution in [0, 0.1) is 6.92 Å². The Hall–Kier alpha value is -2.29. The molecular weight excluding hydrogens is 262 g/mol. The summed E-state index contributed by atoms with van der Waals surface area (Å²) in [6, 6.07) is 14.2. The highest BCUT2D eigenvalue weighted by atomic mass is 16.4. The van der Waals surface area contributed by atoms with E-state index in [-0.39, 0.29) is 6.04 Å². The van der Waals surface area contributed by atoms with E-state index in [0.29, 0.717) is 5.56 Å². The van der Waals surface area contributed by atoms with Crippen LogP contribution >= 0.6 is 0 Å². The second kappa shape index (κ2) is 5.60. The summed E-state index contributed by atoms with van der Waals surface area (Å²) in [7, 11) is 0. The molecule has 2 aromatic rings. The lowest BCUT2D eigenvalue weighted by molar-refractivity contribution is 0.0696. The minimum Gasteiger partial charge on any atom is -0.478 e. The zero-order valence-electron chi connectivity index (χ0n) is 12.1. The Morgan fingerprint density at radius 3 is 2.81 bits per heavy atom. The van der Waals surface area contributed by atoms with Gasteiger partial charge in [-0.1, -0.05) is 30.3 Å². The molecule has 0 bridgehead atoms. The highest BCUT2D eigenvalue weighted by molar-refractivity contribution is 5.91. The van der Waals surface area contributed by atoms with E-state index in [4.69, 9.17) is 0 Å². The van der Waals surface area contributed by atoms with Gasteiger partial charge in [-0.15, -0.1) is 0 Å². The monoisotopic (exact) mass is 281 g/mol. The van der Waals surface area contributed by atoms with Crippen molar-refractivity contribution >= 4 is 11.7 Å². The van der Waals surface area contributed by atoms with E-state index in [9.17, 15) is 9.90 Å². The molecule has 0 saturated carbocycles. The number of aromatic carboxylic acids is 1. The Morgan fingerprint density at radius 2 is 2.00 bits per heavy atom. The molecule has 0 amide bonds. The number of aryl methyl sites for hydroxylation is 1. The van der Waals surface area contributed by atoms with E-state index in [2.05, 4.69) is 29.6 Å². The molecule has 0 spiro atoms. The molecule has 0 aliphatic heterocycles. The molecule has 1 unspecified atom stereocenters. The molecule has 3 nitrogen and oxygen atoms in total. The van der Waals surface area contributed by atoms with E-state index >= 15 is 0 Å². The van der Waals surface area contributed by atoms with Gasteiger partial charge in [0.2, 0.25) is 0 Å². The van der Waals surface area contributed by atoms with Crippen molar-refractivity contribution in [2.75, 3.05) is 5.32 Å². The maximum Gasteiger partial charge on any atom is 0.336 e. The van der Waals surface area contributed by atoms with Gasteiger partial charge in [-0.3, -0.25) is 0 Å². The Labute approximate surface area is 124 Å². The van der Waals surface area contributed by atoms with Crippen LogP contribution in [0.2, 0.25) is 0 Å². The maximum atomic E-state index is 11.2. The predicted octanol–water partition coefficient (Wildman–Crippen LogP) is 4.18. The minimum atomic E-state index is -0.875. The third kappa shape index (κ3) is 2.64. The van der Waals surface area contributed by atoms with Crippen LogP contribution in [0.25, 0.3) is 0 Å². The number of rotatable bonds is 3. The van der Waals surface area contributed by atoms with Gasteiger partial charge in [0, 0.05) is 5.69 Å². The maximum absolute atomic E-state index is 11.2. The molecule has 2 N–H and O–H groups in total. The molecule has 0 heterocycles. The molecule has 3 rings (SSSR count). The normalized spacial score (nSPS) is 17.1. The van der Waals surface area contributed by atoms with Crippen molar-refractivity contribution in [1.82, 2.24) is 0 Å². The van der Waals surface area contributed by atoms with Gasteiger partial charge in [-0.05, 0) is 55.0 Å². The van der Waals surface area contributed by atoms with Crippen LogP contribution in [0.1, 0.15) is 45.9 Å². The largest absolute Gasteiger partial charge is 0.478 e. The average Bonchev–Trinajstić information content (AvgIpc) is 2.49. The van der Waals surface area contributed by atoms with Gasteiger partial charge in [0.25, 0.3) is 0 Å². The Kier molecular flexibility index (Phi) is 3.65. The second-order valence-electron chi connectivity index (χ2n) is 5.57. The van der Waals surface area contributed by atoms with Crippen LogP contribution < -0.4 is 5.32 Å². The van der Waals surface area contributed by atoms with E-state index in [1.807, 2.05) is 13.0 Å². The summed E-state index contributed by atoms with van der Waals surface area (Å²) in [5.74, 6) is -0.875. The summed E-state index contributed by atoms with van der Waals surface area (Å²) in [5, 5.41) is 12.8. The lowest BCUT2D eigenvalue weighted by Crippen LogP contribution is -2.18. The van der Waals surface area contributed by atoms with Gasteiger partial charge in [0.05, 0.1) is 11.6 Å². The molecule has 0 saturated heterocycles. The average molecular weight is 281 g/mol. The first-order valence-corrected chi connectivity index (χ1v) is 7.34. The fourth-order valence-corrected chi connectivity index (χ4v) is 3.12. The molecule has 1 atom stereocenters. The number of anilines is 1. The van der Waals surface area contributed by atoms with Crippen molar-refractivity contribution in [2.24, 2.45) is 0 Å². The summed E-state index contributed by atoms with van der Waals surface area (Å²) in [5.41, 5.74) is 4.81. The third-order valence-corrected chi connectivity index (χ3v) is 4.26. The zero-order valence-corrected chi connectivity index (χ0v) is 12.1. The van der Waals surface area contributed by atoms with Crippen LogP contribution in [0.3, 0.4) is 0 Å². The third-order valence-electron chi connectivity index (χ3n) is 4.26. The summed E-state index contributed by atoms with van der Waals surface area (Å²) in [6.45, 7) is 1.86. The zero-order chi connectivity index (χ0) is 14.8. The molecule has 3 heteroatoms. The summed E-state index contributed by atoms with van der Waals surface area (Å²) in [6.07, 6.45) is 3.36. The van der Waals surface area contributed by atoms with Crippen LogP contribution in [0.5, 0.6) is 0 Å². The van der Waals surface area contributed by atoms with Crippen LogP contribution in [0.4, 0.5) is 5.69 Å². The highest BCUT2D eigenvalue weighted by Crippen LogP contribution is 2.33. The van der Waals surface area contributed by atoms with Crippen molar-refractivity contribution in [3.63, 3.8) is 0 Å². The first-order valence-electron chi connectivity index (χ1n) is 7.34. The molecule has 0 fully saturated rings. The van der Waals surface area contributed by atoms with Gasteiger partial charge in [0.15, 0.2) is 0 Å². The number of nitrogens with one attached hydrogen (secondary N) is 1. The molecule has 108 valence electrons. The Morgan fingerprint density at radius 1 is 1.19 bits per heavy atom. The number of carbonyl (C=O) groups is 1. The summed E-state index contributed by atoms with van der Waals surface area (Å²) < 4.78 is 0. The van der Waals surface area contributed by atoms with Crippen LogP contribution in [0.15, 0.2) is 42.5 Å². The standard InChI is InChI=1S/C18H19NO2/c1-12-14(18(20)21)9-5-10-16(12)19-17-11-4-7-13-6-2-3-8-15(13)17/h2-3,5-6,8-10,17,19H,4,7,11H2,1H3,(H,20,21). The Balaban J connectivity index is 1.92. The van der Waals surface area contributed by atoms with Crippen molar-refractivity contribution in [3.05, 3.63) is 64.7 Å². The number of carboxylic acid groups (broad SMARTS) is 1. The van der Waals surface area contributed by atoms with E-state index in [1.165, 1.54) is 11.1 Å². The molecule has 21 heavy (non-hydrogen) atoms. The quantitative estimate of drug-likeness (QED) is 0.887. The van der Waals surface area contributed by atoms with Gasteiger partial charge < -0.3 is 10.4 Å². The molecule has 2 aromatic carbocycles. The number of benzene rings is 2. The lowest BCUT2D eigenvalue weighted by atomic mass is 9.87. The summed E-state index contributed by atoms with van der Waals surface area (Å²) >= 11 is 0. The predicted molar refractivity (Wildman–Crippen MR) is 83.9 cm³/mol. The van der Waals surface area contributed by atoms with Gasteiger partial charge in [-0.25, -0.2) is 4.79 Å². The first-order chi connectivity index (χ1) is 10.2. The fourth-order valence-electron chi connectivity index (χ4n) is 3.12. The van der Waals surface area contributed by atoms with Gasteiger partial charge in [0.1, 0.15) is 0 Å². The smallest absolute Gasteiger partial charge is 0.336 e. The number of carboxylic acids is 1. The van der Waals surface area contributed by atoms with Crippen LogP contribution in [-0.2, 0) is 6.42 Å². The summed E-state index contributed by atoms with van der Waals surface area (Å²) in [4.78, 5) is 11.2. The Bertz CT molecular complexity index is 679. The number of fused-ring (bicyclic) bond motifs is 1. The van der Waals surface area contributed by atoms with E-state index in [1.54, 1.807) is 12.1 Å². The van der Waals surface area contributed by atoms with E-state index < -0.39 is 5.97 Å². The van der Waals surface area contributed by atoms with E-state index in [0.717, 1.165) is 30.5 Å². The molecule has 0 radical (unpaired) electrons. The SMILES string of the molecule is Cc1c(NC2CCCc3ccccc32)cccc1C(=O)O. The minimum absolute atomic E-state index is 0.262. The fraction of sp³-hybridized carbons (Fsp3) is 0.278. The first kappa shape index (κ1) is 13.7.